The van der Waals surface area contributed by atoms with Crippen LogP contribution in [0, 0.1) is 0 Å². The maximum Gasteiger partial charge on any atom is 0.267 e. The topological polar surface area (TPSA) is 86.3 Å². The Balaban J connectivity index is 1.75. The number of fused-ring (bicyclic) bond motifs is 1. The van der Waals surface area contributed by atoms with E-state index in [9.17, 15) is 13.2 Å². The summed E-state index contributed by atoms with van der Waals surface area (Å²) in [4.78, 5) is 16.7. The second kappa shape index (κ2) is 7.05. The van der Waals surface area contributed by atoms with E-state index < -0.39 is 15.4 Å². The Bertz CT molecular complexity index is 1350. The van der Waals surface area contributed by atoms with Crippen molar-refractivity contribution in [2.75, 3.05) is 0 Å². The molecule has 0 aliphatic rings. The van der Waals surface area contributed by atoms with E-state index in [1.54, 1.807) is 41.1 Å². The number of benzene rings is 1. The molecule has 7 nitrogen and oxygen atoms in total. The Hall–Kier alpha value is -2.68. The zero-order valence-electron chi connectivity index (χ0n) is 14.2. The SMILES string of the molecule is O=c1ccc(S(=O)(=O)c2ccccc2)nn1Cc1cn2cc(Cl)cc(Cl)c2n1. The van der Waals surface area contributed by atoms with Gasteiger partial charge >= 0.3 is 0 Å². The summed E-state index contributed by atoms with van der Waals surface area (Å²) < 4.78 is 28.2. The van der Waals surface area contributed by atoms with E-state index in [0.29, 0.717) is 21.4 Å². The second-order valence-corrected chi connectivity index (χ2v) is 8.69. The molecule has 0 unspecified atom stereocenters. The minimum atomic E-state index is -3.84. The predicted molar refractivity (Wildman–Crippen MR) is 105 cm³/mol. The molecule has 0 radical (unpaired) electrons. The van der Waals surface area contributed by atoms with Crippen LogP contribution >= 0.6 is 23.2 Å². The zero-order valence-corrected chi connectivity index (χ0v) is 16.5. The molecule has 0 amide bonds. The first kappa shape index (κ1) is 18.7. The van der Waals surface area contributed by atoms with E-state index in [0.717, 1.165) is 4.68 Å². The van der Waals surface area contributed by atoms with E-state index in [4.69, 9.17) is 23.2 Å². The minimum absolute atomic E-state index is 0.0212. The number of pyridine rings is 1. The molecule has 0 saturated carbocycles. The number of aromatic nitrogens is 4. The molecule has 3 heterocycles. The number of sulfone groups is 1. The standard InChI is InChI=1S/C18H12Cl2N4O3S/c19-12-8-15(20)18-21-13(10-23(18)9-12)11-24-17(25)7-6-16(22-24)28(26,27)14-4-2-1-3-5-14/h1-10H,11H2. The number of hydrogen-bond donors (Lipinski definition) is 0. The van der Waals surface area contributed by atoms with Crippen molar-refractivity contribution in [3.63, 3.8) is 0 Å². The number of nitrogens with zero attached hydrogens (tertiary/aromatic N) is 4. The summed E-state index contributed by atoms with van der Waals surface area (Å²) in [5.74, 6) is 0. The molecule has 0 fully saturated rings. The number of halogens is 2. The van der Waals surface area contributed by atoms with Gasteiger partial charge in [-0.1, -0.05) is 41.4 Å². The fourth-order valence-corrected chi connectivity index (χ4v) is 4.45. The van der Waals surface area contributed by atoms with Crippen molar-refractivity contribution in [3.8, 4) is 0 Å². The Morgan fingerprint density at radius 1 is 1.00 bits per heavy atom. The lowest BCUT2D eigenvalue weighted by molar-refractivity contribution is 0.563. The molecule has 28 heavy (non-hydrogen) atoms. The van der Waals surface area contributed by atoms with Crippen LogP contribution in [0.3, 0.4) is 0 Å². The summed E-state index contributed by atoms with van der Waals surface area (Å²) in [6, 6.07) is 11.8. The summed E-state index contributed by atoms with van der Waals surface area (Å²) >= 11 is 12.1. The first-order chi connectivity index (χ1) is 13.3. The summed E-state index contributed by atoms with van der Waals surface area (Å²) in [7, 11) is -3.84. The van der Waals surface area contributed by atoms with Gasteiger partial charge in [0.25, 0.3) is 5.56 Å². The third kappa shape index (κ3) is 3.42. The average Bonchev–Trinajstić information content (AvgIpc) is 3.07. The molecule has 4 rings (SSSR count). The van der Waals surface area contributed by atoms with Gasteiger partial charge < -0.3 is 4.40 Å². The fourth-order valence-electron chi connectivity index (χ4n) is 2.71. The normalized spacial score (nSPS) is 11.8. The summed E-state index contributed by atoms with van der Waals surface area (Å²) in [5.41, 5.74) is 0.503. The molecule has 0 spiro atoms. The van der Waals surface area contributed by atoms with Crippen LogP contribution in [0.2, 0.25) is 10.0 Å². The molecular formula is C18H12Cl2N4O3S. The van der Waals surface area contributed by atoms with Crippen LogP contribution in [0.4, 0.5) is 0 Å². The van der Waals surface area contributed by atoms with Crippen molar-refractivity contribution < 1.29 is 8.42 Å². The highest BCUT2D eigenvalue weighted by Gasteiger charge is 2.20. The van der Waals surface area contributed by atoms with Crippen molar-refractivity contribution in [3.05, 3.63) is 87.0 Å². The molecule has 0 N–H and O–H groups in total. The molecule has 0 bridgehead atoms. The molecule has 142 valence electrons. The molecule has 0 saturated heterocycles. The van der Waals surface area contributed by atoms with Gasteiger partial charge in [0.05, 0.1) is 27.2 Å². The van der Waals surface area contributed by atoms with E-state index in [1.165, 1.54) is 24.3 Å². The van der Waals surface area contributed by atoms with Crippen molar-refractivity contribution in [1.82, 2.24) is 19.2 Å². The molecular weight excluding hydrogens is 423 g/mol. The summed E-state index contributed by atoms with van der Waals surface area (Å²) in [6.45, 7) is -0.0212. The smallest absolute Gasteiger partial charge is 0.267 e. The van der Waals surface area contributed by atoms with Gasteiger partial charge in [0, 0.05) is 18.5 Å². The highest BCUT2D eigenvalue weighted by molar-refractivity contribution is 7.91. The largest absolute Gasteiger partial charge is 0.304 e. The zero-order chi connectivity index (χ0) is 19.9. The Labute approximate surface area is 169 Å². The highest BCUT2D eigenvalue weighted by atomic mass is 35.5. The van der Waals surface area contributed by atoms with Gasteiger partial charge in [0.15, 0.2) is 10.7 Å². The molecule has 0 aliphatic heterocycles. The lowest BCUT2D eigenvalue weighted by Gasteiger charge is -2.07. The van der Waals surface area contributed by atoms with Crippen LogP contribution in [0.15, 0.2) is 75.6 Å². The van der Waals surface area contributed by atoms with Crippen LogP contribution in [-0.4, -0.2) is 27.6 Å². The van der Waals surface area contributed by atoms with Gasteiger partial charge in [-0.25, -0.2) is 18.1 Å². The molecule has 0 atom stereocenters. The van der Waals surface area contributed by atoms with Gasteiger partial charge in [-0.2, -0.15) is 5.10 Å². The summed E-state index contributed by atoms with van der Waals surface area (Å²) in [6.07, 6.45) is 3.28. The third-order valence-electron chi connectivity index (χ3n) is 4.01. The van der Waals surface area contributed by atoms with Crippen LogP contribution in [0.25, 0.3) is 5.65 Å². The van der Waals surface area contributed by atoms with Gasteiger partial charge in [0.2, 0.25) is 9.84 Å². The van der Waals surface area contributed by atoms with E-state index in [2.05, 4.69) is 10.1 Å². The quantitative estimate of drug-likeness (QED) is 0.492. The number of hydrogen-bond acceptors (Lipinski definition) is 5. The lowest BCUT2D eigenvalue weighted by atomic mass is 10.4. The van der Waals surface area contributed by atoms with Crippen molar-refractivity contribution in [2.24, 2.45) is 0 Å². The van der Waals surface area contributed by atoms with Gasteiger partial charge in [-0.15, -0.1) is 0 Å². The Morgan fingerprint density at radius 3 is 2.50 bits per heavy atom. The average molecular weight is 435 g/mol. The predicted octanol–water partition coefficient (Wildman–Crippen LogP) is 3.08. The van der Waals surface area contributed by atoms with Crippen LogP contribution in [0.5, 0.6) is 0 Å². The van der Waals surface area contributed by atoms with E-state index in [-0.39, 0.29) is 16.5 Å². The molecule has 3 aromatic heterocycles. The van der Waals surface area contributed by atoms with Crippen molar-refractivity contribution >= 4 is 38.7 Å². The van der Waals surface area contributed by atoms with Gasteiger partial charge in [-0.3, -0.25) is 4.79 Å². The van der Waals surface area contributed by atoms with Crippen LogP contribution < -0.4 is 5.56 Å². The first-order valence-electron chi connectivity index (χ1n) is 8.05. The lowest BCUT2D eigenvalue weighted by Crippen LogP contribution is -2.25. The molecule has 1 aromatic carbocycles. The van der Waals surface area contributed by atoms with Crippen LogP contribution in [-0.2, 0) is 16.4 Å². The molecule has 4 aromatic rings. The molecule has 0 aliphatic carbocycles. The monoisotopic (exact) mass is 434 g/mol. The maximum atomic E-state index is 12.7. The Kier molecular flexibility index (Phi) is 4.70. The van der Waals surface area contributed by atoms with Crippen molar-refractivity contribution in [1.29, 1.82) is 0 Å². The van der Waals surface area contributed by atoms with E-state index >= 15 is 0 Å². The van der Waals surface area contributed by atoms with E-state index in [1.807, 2.05) is 0 Å². The minimum Gasteiger partial charge on any atom is -0.304 e. The Morgan fingerprint density at radius 2 is 1.75 bits per heavy atom. The number of rotatable bonds is 4. The molecule has 10 heteroatoms. The maximum absolute atomic E-state index is 12.7. The van der Waals surface area contributed by atoms with Gasteiger partial charge in [-0.05, 0) is 24.3 Å². The summed E-state index contributed by atoms with van der Waals surface area (Å²) in [5, 5.41) is 4.61. The van der Waals surface area contributed by atoms with Crippen molar-refractivity contribution in [2.45, 2.75) is 16.5 Å². The third-order valence-corrected chi connectivity index (χ3v) is 6.15. The number of imidazole rings is 1. The highest BCUT2D eigenvalue weighted by Crippen LogP contribution is 2.22. The van der Waals surface area contributed by atoms with Gasteiger partial charge in [0.1, 0.15) is 0 Å². The fraction of sp³-hybridized carbons (Fsp3) is 0.0556. The first-order valence-corrected chi connectivity index (χ1v) is 10.3. The van der Waals surface area contributed by atoms with Crippen LogP contribution in [0.1, 0.15) is 5.69 Å². The second-order valence-electron chi connectivity index (χ2n) is 5.95.